The Morgan fingerprint density at radius 2 is 1.74 bits per heavy atom. The van der Waals surface area contributed by atoms with Crippen molar-refractivity contribution in [1.29, 1.82) is 0 Å². The Kier molecular flexibility index (Phi) is 5.23. The van der Waals surface area contributed by atoms with Gasteiger partial charge in [-0.25, -0.2) is 4.98 Å². The summed E-state index contributed by atoms with van der Waals surface area (Å²) < 4.78 is 7.92. The maximum atomic E-state index is 6.33. The fraction of sp³-hybridized carbons (Fsp3) is 0.118. The molecule has 0 saturated heterocycles. The number of halogens is 3. The second kappa shape index (κ2) is 7.37. The smallest absolute Gasteiger partial charge is 0.162 e. The van der Waals surface area contributed by atoms with Crippen molar-refractivity contribution in [3.63, 3.8) is 0 Å². The number of ether oxygens (including phenoxy) is 1. The molecule has 1 unspecified atom stereocenters. The highest BCUT2D eigenvalue weighted by Crippen LogP contribution is 2.30. The van der Waals surface area contributed by atoms with Crippen LogP contribution >= 0.6 is 34.8 Å². The lowest BCUT2D eigenvalue weighted by Gasteiger charge is -2.21. The SMILES string of the molecule is Clc1ccc(COC(c2ccc(Cl)cc2Cl)n2ccnc2)cc1. The fourth-order valence-corrected chi connectivity index (χ4v) is 2.83. The first kappa shape index (κ1) is 16.3. The molecule has 0 fully saturated rings. The zero-order chi connectivity index (χ0) is 16.2. The number of hydrogen-bond donors (Lipinski definition) is 0. The summed E-state index contributed by atoms with van der Waals surface area (Å²) in [5.74, 6) is 0. The van der Waals surface area contributed by atoms with Crippen LogP contribution in [-0.4, -0.2) is 9.55 Å². The van der Waals surface area contributed by atoms with Gasteiger partial charge in [-0.15, -0.1) is 0 Å². The summed E-state index contributed by atoms with van der Waals surface area (Å²) in [5.41, 5.74) is 1.84. The van der Waals surface area contributed by atoms with Crippen LogP contribution in [0.3, 0.4) is 0 Å². The van der Waals surface area contributed by atoms with E-state index in [-0.39, 0.29) is 0 Å². The minimum absolute atomic E-state index is 0.391. The third-order valence-electron chi connectivity index (χ3n) is 3.35. The van der Waals surface area contributed by atoms with Crippen LogP contribution in [0, 0.1) is 0 Å². The van der Waals surface area contributed by atoms with Crippen LogP contribution < -0.4 is 0 Å². The maximum Gasteiger partial charge on any atom is 0.162 e. The predicted molar refractivity (Wildman–Crippen MR) is 93.1 cm³/mol. The molecule has 3 aromatic rings. The molecule has 1 heterocycles. The number of aromatic nitrogens is 2. The molecular weight excluding hydrogens is 355 g/mol. The number of imidazole rings is 1. The molecule has 6 heteroatoms. The first-order valence-electron chi connectivity index (χ1n) is 6.92. The van der Waals surface area contributed by atoms with E-state index in [1.54, 1.807) is 24.7 Å². The summed E-state index contributed by atoms with van der Waals surface area (Å²) in [5, 5.41) is 1.83. The van der Waals surface area contributed by atoms with Crippen molar-refractivity contribution in [3.8, 4) is 0 Å². The Labute approximate surface area is 149 Å². The maximum absolute atomic E-state index is 6.33. The van der Waals surface area contributed by atoms with Gasteiger partial charge in [-0.2, -0.15) is 0 Å². The fourth-order valence-electron chi connectivity index (χ4n) is 2.20. The van der Waals surface area contributed by atoms with E-state index >= 15 is 0 Å². The highest BCUT2D eigenvalue weighted by molar-refractivity contribution is 6.35. The summed E-state index contributed by atoms with van der Waals surface area (Å²) in [6.07, 6.45) is 4.83. The third kappa shape index (κ3) is 4.06. The number of hydrogen-bond acceptors (Lipinski definition) is 2. The molecule has 23 heavy (non-hydrogen) atoms. The van der Waals surface area contributed by atoms with Gasteiger partial charge in [-0.05, 0) is 29.8 Å². The van der Waals surface area contributed by atoms with Crippen LogP contribution in [0.25, 0.3) is 0 Å². The Balaban J connectivity index is 1.86. The van der Waals surface area contributed by atoms with E-state index in [4.69, 9.17) is 39.5 Å². The average molecular weight is 368 g/mol. The van der Waals surface area contributed by atoms with E-state index in [1.807, 2.05) is 41.1 Å². The standard InChI is InChI=1S/C17H13Cl3N2O/c18-13-3-1-12(2-4-13)10-23-17(22-8-7-21-11-22)15-6-5-14(19)9-16(15)20/h1-9,11,17H,10H2. The first-order valence-corrected chi connectivity index (χ1v) is 8.05. The molecular formula is C17H13Cl3N2O. The minimum atomic E-state index is -0.391. The molecule has 0 amide bonds. The van der Waals surface area contributed by atoms with Crippen molar-refractivity contribution in [1.82, 2.24) is 9.55 Å². The Morgan fingerprint density at radius 1 is 1.00 bits per heavy atom. The summed E-state index contributed by atoms with van der Waals surface area (Å²) in [7, 11) is 0. The molecule has 0 aliphatic heterocycles. The van der Waals surface area contributed by atoms with Crippen molar-refractivity contribution < 1.29 is 4.74 Å². The summed E-state index contributed by atoms with van der Waals surface area (Å²) in [4.78, 5) is 4.08. The van der Waals surface area contributed by atoms with Crippen LogP contribution in [0.2, 0.25) is 15.1 Å². The quantitative estimate of drug-likeness (QED) is 0.586. The van der Waals surface area contributed by atoms with Gasteiger partial charge in [0.25, 0.3) is 0 Å². The molecule has 0 aliphatic rings. The van der Waals surface area contributed by atoms with E-state index < -0.39 is 6.23 Å². The van der Waals surface area contributed by atoms with E-state index in [2.05, 4.69) is 4.98 Å². The van der Waals surface area contributed by atoms with Crippen molar-refractivity contribution in [2.24, 2.45) is 0 Å². The van der Waals surface area contributed by atoms with Crippen LogP contribution in [0.1, 0.15) is 17.4 Å². The van der Waals surface area contributed by atoms with Gasteiger partial charge in [0, 0.05) is 33.0 Å². The molecule has 1 atom stereocenters. The van der Waals surface area contributed by atoms with E-state index in [1.165, 1.54) is 0 Å². The molecule has 0 spiro atoms. The second-order valence-electron chi connectivity index (χ2n) is 4.97. The Morgan fingerprint density at radius 3 is 2.39 bits per heavy atom. The van der Waals surface area contributed by atoms with Gasteiger partial charge in [0.2, 0.25) is 0 Å². The Hall–Kier alpha value is -1.52. The Bertz CT molecular complexity index is 773. The van der Waals surface area contributed by atoms with Gasteiger partial charge < -0.3 is 9.30 Å². The van der Waals surface area contributed by atoms with Crippen molar-refractivity contribution >= 4 is 34.8 Å². The topological polar surface area (TPSA) is 27.1 Å². The number of rotatable bonds is 5. The zero-order valence-corrected chi connectivity index (χ0v) is 14.3. The minimum Gasteiger partial charge on any atom is -0.349 e. The highest BCUT2D eigenvalue weighted by Gasteiger charge is 2.17. The van der Waals surface area contributed by atoms with Crippen LogP contribution in [0.5, 0.6) is 0 Å². The second-order valence-corrected chi connectivity index (χ2v) is 6.25. The highest BCUT2D eigenvalue weighted by atomic mass is 35.5. The molecule has 0 radical (unpaired) electrons. The normalized spacial score (nSPS) is 12.3. The third-order valence-corrected chi connectivity index (χ3v) is 4.16. The van der Waals surface area contributed by atoms with Crippen LogP contribution in [-0.2, 0) is 11.3 Å². The van der Waals surface area contributed by atoms with Crippen molar-refractivity contribution in [3.05, 3.63) is 87.4 Å². The van der Waals surface area contributed by atoms with Crippen molar-refractivity contribution in [2.45, 2.75) is 12.8 Å². The largest absolute Gasteiger partial charge is 0.349 e. The van der Waals surface area contributed by atoms with Gasteiger partial charge in [-0.3, -0.25) is 0 Å². The molecule has 2 aromatic carbocycles. The van der Waals surface area contributed by atoms with Crippen molar-refractivity contribution in [2.75, 3.05) is 0 Å². The van der Waals surface area contributed by atoms with E-state index in [0.717, 1.165) is 11.1 Å². The lowest BCUT2D eigenvalue weighted by Crippen LogP contribution is -2.13. The van der Waals surface area contributed by atoms with Gasteiger partial charge in [-0.1, -0.05) is 53.0 Å². The molecule has 0 aliphatic carbocycles. The van der Waals surface area contributed by atoms with Gasteiger partial charge in [0.15, 0.2) is 6.23 Å². The van der Waals surface area contributed by atoms with Gasteiger partial charge in [0.1, 0.15) is 0 Å². The van der Waals surface area contributed by atoms with Crippen LogP contribution in [0.4, 0.5) is 0 Å². The molecule has 3 nitrogen and oxygen atoms in total. The lowest BCUT2D eigenvalue weighted by molar-refractivity contribution is 0.0196. The molecule has 1 aromatic heterocycles. The van der Waals surface area contributed by atoms with Gasteiger partial charge in [0.05, 0.1) is 12.9 Å². The molecule has 0 bridgehead atoms. The molecule has 0 N–H and O–H groups in total. The summed E-state index contributed by atoms with van der Waals surface area (Å²) in [6.45, 7) is 0.416. The number of benzene rings is 2. The molecule has 3 rings (SSSR count). The monoisotopic (exact) mass is 366 g/mol. The molecule has 118 valence electrons. The zero-order valence-electron chi connectivity index (χ0n) is 12.0. The summed E-state index contributed by atoms with van der Waals surface area (Å²) >= 11 is 18.2. The predicted octanol–water partition coefficient (Wildman–Crippen LogP) is 5.61. The van der Waals surface area contributed by atoms with E-state index in [0.29, 0.717) is 21.7 Å². The first-order chi connectivity index (χ1) is 11.1. The summed E-state index contributed by atoms with van der Waals surface area (Å²) in [6, 6.07) is 12.9. The molecule has 0 saturated carbocycles. The average Bonchev–Trinajstić information content (AvgIpc) is 3.05. The van der Waals surface area contributed by atoms with Gasteiger partial charge >= 0.3 is 0 Å². The van der Waals surface area contributed by atoms with Crippen LogP contribution in [0.15, 0.2) is 61.2 Å². The lowest BCUT2D eigenvalue weighted by atomic mass is 10.2. The number of nitrogens with zero attached hydrogens (tertiary/aromatic N) is 2. The van der Waals surface area contributed by atoms with E-state index in [9.17, 15) is 0 Å².